The van der Waals surface area contributed by atoms with Crippen LogP contribution in [0.15, 0.2) is 12.3 Å². The molecular formula is C14H18ClN3S. The second kappa shape index (κ2) is 5.27. The molecule has 0 amide bonds. The van der Waals surface area contributed by atoms with Crippen LogP contribution in [0.2, 0.25) is 5.02 Å². The first kappa shape index (κ1) is 13.2. The fraction of sp³-hybridized carbons (Fsp3) is 0.500. The summed E-state index contributed by atoms with van der Waals surface area (Å²) in [5, 5.41) is 4.82. The molecular weight excluding hydrogens is 278 g/mol. The Bertz CT molecular complexity index is 545. The summed E-state index contributed by atoms with van der Waals surface area (Å²) < 4.78 is 1.78. The minimum Gasteiger partial charge on any atom is -0.318 e. The van der Waals surface area contributed by atoms with Crippen molar-refractivity contribution in [1.82, 2.24) is 9.78 Å². The van der Waals surface area contributed by atoms with E-state index in [2.05, 4.69) is 11.2 Å². The van der Waals surface area contributed by atoms with Crippen molar-refractivity contribution in [2.24, 2.45) is 12.8 Å². The van der Waals surface area contributed by atoms with Crippen molar-refractivity contribution in [2.45, 2.75) is 38.1 Å². The van der Waals surface area contributed by atoms with Gasteiger partial charge in [0.2, 0.25) is 0 Å². The van der Waals surface area contributed by atoms with Gasteiger partial charge in [0.05, 0.1) is 23.0 Å². The van der Waals surface area contributed by atoms with Gasteiger partial charge in [-0.3, -0.25) is 4.68 Å². The predicted molar refractivity (Wildman–Crippen MR) is 79.8 cm³/mol. The Balaban J connectivity index is 1.94. The molecule has 1 atom stereocenters. The maximum atomic E-state index is 6.38. The summed E-state index contributed by atoms with van der Waals surface area (Å²) in [6, 6.07) is 2.11. The molecule has 0 aromatic carbocycles. The van der Waals surface area contributed by atoms with Crippen molar-refractivity contribution in [3.8, 4) is 0 Å². The van der Waals surface area contributed by atoms with Crippen LogP contribution < -0.4 is 5.73 Å². The molecule has 2 aromatic heterocycles. The van der Waals surface area contributed by atoms with Gasteiger partial charge < -0.3 is 5.73 Å². The van der Waals surface area contributed by atoms with Gasteiger partial charge in [-0.2, -0.15) is 5.10 Å². The van der Waals surface area contributed by atoms with E-state index in [9.17, 15) is 0 Å². The van der Waals surface area contributed by atoms with Gasteiger partial charge in [0.15, 0.2) is 0 Å². The maximum Gasteiger partial charge on any atom is 0.0837 e. The zero-order valence-electron chi connectivity index (χ0n) is 11.0. The highest BCUT2D eigenvalue weighted by Crippen LogP contribution is 2.35. The number of hydrogen-bond acceptors (Lipinski definition) is 3. The molecule has 0 radical (unpaired) electrons. The third kappa shape index (κ3) is 2.45. The molecule has 2 heterocycles. The Hall–Kier alpha value is -0.840. The minimum atomic E-state index is -0.170. The van der Waals surface area contributed by atoms with Crippen molar-refractivity contribution in [1.29, 1.82) is 0 Å². The van der Waals surface area contributed by atoms with E-state index < -0.39 is 0 Å². The average Bonchev–Trinajstić information content (AvgIpc) is 2.86. The van der Waals surface area contributed by atoms with E-state index >= 15 is 0 Å². The Morgan fingerprint density at radius 2 is 2.16 bits per heavy atom. The molecule has 19 heavy (non-hydrogen) atoms. The summed E-state index contributed by atoms with van der Waals surface area (Å²) >= 11 is 8.03. The summed E-state index contributed by atoms with van der Waals surface area (Å²) in [6.45, 7) is 0. The predicted octanol–water partition coefficient (Wildman–Crippen LogP) is 3.45. The van der Waals surface area contributed by atoms with E-state index in [1.165, 1.54) is 47.4 Å². The second-order valence-electron chi connectivity index (χ2n) is 5.14. The highest BCUT2D eigenvalue weighted by atomic mass is 35.5. The second-order valence-corrected chi connectivity index (χ2v) is 6.71. The van der Waals surface area contributed by atoms with Crippen LogP contribution in [0.5, 0.6) is 0 Å². The standard InChI is InChI=1S/C14H18ClN3S/c1-18-14(10(15)8-17-18)13(16)12-7-9-5-3-2-4-6-11(9)19-12/h7-8,13H,2-6,16H2,1H3. The molecule has 0 saturated heterocycles. The van der Waals surface area contributed by atoms with Crippen molar-refractivity contribution in [3.05, 3.63) is 38.3 Å². The Labute approximate surface area is 122 Å². The quantitative estimate of drug-likeness (QED) is 0.862. The minimum absolute atomic E-state index is 0.170. The molecule has 5 heteroatoms. The van der Waals surface area contributed by atoms with Gasteiger partial charge >= 0.3 is 0 Å². The number of hydrogen-bond donors (Lipinski definition) is 1. The van der Waals surface area contributed by atoms with Crippen LogP contribution in [0, 0.1) is 0 Å². The zero-order chi connectivity index (χ0) is 13.4. The molecule has 1 aliphatic rings. The number of aryl methyl sites for hydroxylation is 3. The number of nitrogens with zero attached hydrogens (tertiary/aromatic N) is 2. The lowest BCUT2D eigenvalue weighted by molar-refractivity contribution is 0.677. The highest BCUT2D eigenvalue weighted by Gasteiger charge is 2.21. The van der Waals surface area contributed by atoms with Crippen LogP contribution in [0.25, 0.3) is 0 Å². The first-order valence-corrected chi connectivity index (χ1v) is 7.90. The lowest BCUT2D eigenvalue weighted by Crippen LogP contribution is -2.15. The summed E-state index contributed by atoms with van der Waals surface area (Å²) in [6.07, 6.45) is 7.99. The smallest absolute Gasteiger partial charge is 0.0837 e. The number of halogens is 1. The van der Waals surface area contributed by atoms with E-state index in [0.717, 1.165) is 5.69 Å². The third-order valence-electron chi connectivity index (χ3n) is 3.80. The summed E-state index contributed by atoms with van der Waals surface area (Å²) in [7, 11) is 1.89. The molecule has 2 aromatic rings. The lowest BCUT2D eigenvalue weighted by atomic mass is 10.1. The van der Waals surface area contributed by atoms with Gasteiger partial charge in [-0.15, -0.1) is 11.3 Å². The first-order valence-electron chi connectivity index (χ1n) is 6.71. The number of thiophene rings is 1. The largest absolute Gasteiger partial charge is 0.318 e. The number of rotatable bonds is 2. The number of nitrogens with two attached hydrogens (primary N) is 1. The maximum absolute atomic E-state index is 6.38. The zero-order valence-corrected chi connectivity index (χ0v) is 12.6. The van der Waals surface area contributed by atoms with Crippen LogP contribution in [-0.2, 0) is 19.9 Å². The molecule has 3 nitrogen and oxygen atoms in total. The highest BCUT2D eigenvalue weighted by molar-refractivity contribution is 7.12. The van der Waals surface area contributed by atoms with Crippen molar-refractivity contribution in [3.63, 3.8) is 0 Å². The lowest BCUT2D eigenvalue weighted by Gasteiger charge is -2.10. The van der Waals surface area contributed by atoms with Crippen molar-refractivity contribution < 1.29 is 0 Å². The fourth-order valence-electron chi connectivity index (χ4n) is 2.75. The van der Waals surface area contributed by atoms with E-state index in [-0.39, 0.29) is 6.04 Å². The summed E-state index contributed by atoms with van der Waals surface area (Å²) in [5.41, 5.74) is 8.77. The van der Waals surface area contributed by atoms with Crippen LogP contribution in [-0.4, -0.2) is 9.78 Å². The van der Waals surface area contributed by atoms with Gasteiger partial charge in [-0.05, 0) is 37.3 Å². The van der Waals surface area contributed by atoms with Crippen LogP contribution in [0.3, 0.4) is 0 Å². The Morgan fingerprint density at radius 1 is 1.37 bits per heavy atom. The summed E-state index contributed by atoms with van der Waals surface area (Å²) in [5.74, 6) is 0. The molecule has 2 N–H and O–H groups in total. The van der Waals surface area contributed by atoms with Gasteiger partial charge in [0.1, 0.15) is 0 Å². The molecule has 3 rings (SSSR count). The van der Waals surface area contributed by atoms with Crippen molar-refractivity contribution >= 4 is 22.9 Å². The normalized spacial score (nSPS) is 17.0. The average molecular weight is 296 g/mol. The van der Waals surface area contributed by atoms with Gasteiger partial charge in [-0.1, -0.05) is 18.0 Å². The van der Waals surface area contributed by atoms with E-state index in [4.69, 9.17) is 17.3 Å². The van der Waals surface area contributed by atoms with E-state index in [1.54, 1.807) is 10.9 Å². The molecule has 0 aliphatic heterocycles. The monoisotopic (exact) mass is 295 g/mol. The van der Waals surface area contributed by atoms with Crippen LogP contribution in [0.1, 0.15) is 46.3 Å². The molecule has 1 aliphatic carbocycles. The van der Waals surface area contributed by atoms with Crippen LogP contribution >= 0.6 is 22.9 Å². The molecule has 102 valence electrons. The molecule has 0 spiro atoms. The molecule has 0 saturated carbocycles. The van der Waals surface area contributed by atoms with Gasteiger partial charge in [0.25, 0.3) is 0 Å². The van der Waals surface area contributed by atoms with E-state index in [0.29, 0.717) is 5.02 Å². The SMILES string of the molecule is Cn1ncc(Cl)c1C(N)c1cc2c(s1)CCCCC2. The Kier molecular flexibility index (Phi) is 3.65. The first-order chi connectivity index (χ1) is 9.16. The molecule has 0 bridgehead atoms. The topological polar surface area (TPSA) is 43.8 Å². The fourth-order valence-corrected chi connectivity index (χ4v) is 4.29. The van der Waals surface area contributed by atoms with Crippen molar-refractivity contribution in [2.75, 3.05) is 0 Å². The third-order valence-corrected chi connectivity index (χ3v) is 5.42. The van der Waals surface area contributed by atoms with E-state index in [1.807, 2.05) is 18.4 Å². The van der Waals surface area contributed by atoms with Gasteiger partial charge in [0, 0.05) is 16.8 Å². The Morgan fingerprint density at radius 3 is 2.89 bits per heavy atom. The van der Waals surface area contributed by atoms with Crippen LogP contribution in [0.4, 0.5) is 0 Å². The molecule has 0 fully saturated rings. The number of fused-ring (bicyclic) bond motifs is 1. The molecule has 1 unspecified atom stereocenters. The van der Waals surface area contributed by atoms with Gasteiger partial charge in [-0.25, -0.2) is 0 Å². The number of aromatic nitrogens is 2. The summed E-state index contributed by atoms with van der Waals surface area (Å²) in [4.78, 5) is 2.72.